The molecule has 3 aromatic rings. The molecule has 2 aromatic heterocycles. The minimum Gasteiger partial charge on any atom is -0.383 e. The van der Waals surface area contributed by atoms with Crippen LogP contribution in [0.4, 0.5) is 23.8 Å². The van der Waals surface area contributed by atoms with Crippen molar-refractivity contribution >= 4 is 11.8 Å². The minimum absolute atomic E-state index is 0.191. The highest BCUT2D eigenvalue weighted by atomic mass is 19.4. The smallest absolute Gasteiger partial charge is 0.383 e. The number of nitrogens with two attached hydrogens (primary N) is 1. The van der Waals surface area contributed by atoms with Crippen molar-refractivity contribution in [2.24, 2.45) is 0 Å². The number of amides is 2. The van der Waals surface area contributed by atoms with Gasteiger partial charge in [0.2, 0.25) is 0 Å². The maximum atomic E-state index is 13.2. The molecule has 0 bridgehead atoms. The fraction of sp³-hybridized carbons (Fsp3) is 0.333. The van der Waals surface area contributed by atoms with Gasteiger partial charge in [0, 0.05) is 42.5 Å². The molecule has 3 N–H and O–H groups in total. The first-order valence-corrected chi connectivity index (χ1v) is 11.1. The van der Waals surface area contributed by atoms with Crippen LogP contribution in [0.25, 0.3) is 11.3 Å². The van der Waals surface area contributed by atoms with E-state index < -0.39 is 17.6 Å². The average molecular weight is 481 g/mol. The number of anilines is 1. The highest BCUT2D eigenvalue weighted by Gasteiger charge is 2.51. The Labute approximate surface area is 199 Å². The molecule has 11 heteroatoms. The number of alkyl halides is 3. The zero-order chi connectivity index (χ0) is 25.0. The second kappa shape index (κ2) is 8.01. The van der Waals surface area contributed by atoms with Crippen LogP contribution < -0.4 is 11.1 Å². The molecule has 0 aliphatic carbocycles. The number of halogens is 3. The molecule has 2 amide bonds. The van der Waals surface area contributed by atoms with E-state index in [1.807, 2.05) is 19.1 Å². The van der Waals surface area contributed by atoms with Crippen LogP contribution in [0.1, 0.15) is 41.8 Å². The zero-order valence-corrected chi connectivity index (χ0v) is 18.8. The van der Waals surface area contributed by atoms with Crippen LogP contribution in [0.5, 0.6) is 0 Å². The van der Waals surface area contributed by atoms with Crippen molar-refractivity contribution in [2.75, 3.05) is 18.8 Å². The Morgan fingerprint density at radius 1 is 1.26 bits per heavy atom. The molecule has 0 saturated carbocycles. The van der Waals surface area contributed by atoms with E-state index in [2.05, 4.69) is 21.5 Å². The molecular formula is C24H22F3N7O. The number of nitrogens with zero attached hydrogens (tertiary/aromatic N) is 5. The number of likely N-dealkylation sites (tertiary alicyclic amines) is 1. The predicted octanol–water partition coefficient (Wildman–Crippen LogP) is 3.85. The number of aryl methyl sites for hydroxylation is 1. The summed E-state index contributed by atoms with van der Waals surface area (Å²) in [4.78, 5) is 18.2. The van der Waals surface area contributed by atoms with Crippen LogP contribution in [0.2, 0.25) is 0 Å². The van der Waals surface area contributed by atoms with Gasteiger partial charge in [-0.25, -0.2) is 9.78 Å². The number of carbonyl (C=O) groups excluding carboxylic acids is 1. The molecular weight excluding hydrogens is 459 g/mol. The summed E-state index contributed by atoms with van der Waals surface area (Å²) in [6.45, 7) is 3.50. The molecule has 180 valence electrons. The molecule has 8 nitrogen and oxygen atoms in total. The molecule has 4 heterocycles. The van der Waals surface area contributed by atoms with Crippen molar-refractivity contribution in [1.82, 2.24) is 25.0 Å². The Kier molecular flexibility index (Phi) is 5.20. The SMILES string of the molecule is CC(NC(=O)N1CC2(CCn3nc(-c4cnc(N)c(C(F)(F)F)c4)cc32)C1)c1ccc(C#N)cc1. The standard InChI is InChI=1S/C24H22F3N7O/c1-14(16-4-2-15(10-28)3-5-16)31-22(35)33-12-23(13-33)6-7-34-20(23)9-19(32-34)17-8-18(24(25,26)27)21(29)30-11-17/h2-5,8-9,11,14H,6-7,12-13H2,1H3,(H2,29,30)(H,31,35). The van der Waals surface area contributed by atoms with Gasteiger partial charge in [-0.15, -0.1) is 0 Å². The number of benzene rings is 1. The summed E-state index contributed by atoms with van der Waals surface area (Å²) in [6.07, 6.45) is -2.51. The van der Waals surface area contributed by atoms with E-state index >= 15 is 0 Å². The molecule has 0 radical (unpaired) electrons. The van der Waals surface area contributed by atoms with E-state index in [-0.39, 0.29) is 23.1 Å². The van der Waals surface area contributed by atoms with Crippen LogP contribution >= 0.6 is 0 Å². The number of hydrogen-bond acceptors (Lipinski definition) is 5. The number of hydrogen-bond donors (Lipinski definition) is 2. The molecule has 1 fully saturated rings. The number of nitrogens with one attached hydrogen (secondary N) is 1. The van der Waals surface area contributed by atoms with Crippen LogP contribution in [0.3, 0.4) is 0 Å². The van der Waals surface area contributed by atoms with Crippen LogP contribution in [-0.4, -0.2) is 38.8 Å². The van der Waals surface area contributed by atoms with Gasteiger partial charge in [0.15, 0.2) is 0 Å². The maximum Gasteiger partial charge on any atom is 0.419 e. The molecule has 35 heavy (non-hydrogen) atoms. The first-order chi connectivity index (χ1) is 16.6. The van der Waals surface area contributed by atoms with Gasteiger partial charge >= 0.3 is 12.2 Å². The molecule has 1 atom stereocenters. The summed E-state index contributed by atoms with van der Waals surface area (Å²) in [6, 6.07) is 11.5. The van der Waals surface area contributed by atoms with Crippen molar-refractivity contribution in [2.45, 2.75) is 37.5 Å². The van der Waals surface area contributed by atoms with Crippen molar-refractivity contribution in [3.05, 3.63) is 65.0 Å². The number of nitrogen functional groups attached to an aromatic ring is 1. The van der Waals surface area contributed by atoms with E-state index in [4.69, 9.17) is 11.0 Å². The van der Waals surface area contributed by atoms with Gasteiger partial charge in [-0.3, -0.25) is 4.68 Å². The van der Waals surface area contributed by atoms with Crippen molar-refractivity contribution in [3.8, 4) is 17.3 Å². The van der Waals surface area contributed by atoms with E-state index in [1.54, 1.807) is 27.8 Å². The third kappa shape index (κ3) is 3.95. The van der Waals surface area contributed by atoms with Gasteiger partial charge in [-0.2, -0.15) is 23.5 Å². The number of nitriles is 1. The lowest BCUT2D eigenvalue weighted by Gasteiger charge is -2.47. The number of aromatic nitrogens is 3. The Bertz CT molecular complexity index is 1330. The Morgan fingerprint density at radius 2 is 1.97 bits per heavy atom. The average Bonchev–Trinajstić information content (AvgIpc) is 3.37. The summed E-state index contributed by atoms with van der Waals surface area (Å²) in [7, 11) is 0. The summed E-state index contributed by atoms with van der Waals surface area (Å²) < 4.78 is 41.5. The Hall–Kier alpha value is -4.07. The fourth-order valence-electron chi connectivity index (χ4n) is 4.80. The van der Waals surface area contributed by atoms with E-state index in [1.165, 1.54) is 6.20 Å². The van der Waals surface area contributed by atoms with Gasteiger partial charge in [-0.05, 0) is 43.2 Å². The minimum atomic E-state index is -4.60. The number of rotatable bonds is 3. The quantitative estimate of drug-likeness (QED) is 0.590. The highest BCUT2D eigenvalue weighted by Crippen LogP contribution is 2.44. The van der Waals surface area contributed by atoms with Gasteiger partial charge in [0.1, 0.15) is 5.82 Å². The largest absolute Gasteiger partial charge is 0.419 e. The zero-order valence-electron chi connectivity index (χ0n) is 18.8. The van der Waals surface area contributed by atoms with E-state index in [9.17, 15) is 18.0 Å². The molecule has 2 aliphatic heterocycles. The summed E-state index contributed by atoms with van der Waals surface area (Å²) >= 11 is 0. The number of carbonyl (C=O) groups is 1. The number of urea groups is 1. The molecule has 2 aliphatic rings. The number of pyridine rings is 1. The summed E-state index contributed by atoms with van der Waals surface area (Å²) in [5, 5.41) is 16.4. The first kappa shape index (κ1) is 22.7. The van der Waals surface area contributed by atoms with Gasteiger partial charge in [0.25, 0.3) is 0 Å². The Balaban J connectivity index is 1.28. The van der Waals surface area contributed by atoms with Crippen molar-refractivity contribution < 1.29 is 18.0 Å². The lowest BCUT2D eigenvalue weighted by atomic mass is 9.76. The highest BCUT2D eigenvalue weighted by molar-refractivity contribution is 5.76. The van der Waals surface area contributed by atoms with Crippen molar-refractivity contribution in [1.29, 1.82) is 5.26 Å². The molecule has 5 rings (SSSR count). The second-order valence-electron chi connectivity index (χ2n) is 9.08. The lowest BCUT2D eigenvalue weighted by molar-refractivity contribution is -0.137. The molecule has 1 saturated heterocycles. The number of fused-ring (bicyclic) bond motifs is 2. The molecule has 1 aromatic carbocycles. The van der Waals surface area contributed by atoms with Gasteiger partial charge < -0.3 is 16.0 Å². The van der Waals surface area contributed by atoms with E-state index in [0.29, 0.717) is 30.9 Å². The van der Waals surface area contributed by atoms with Gasteiger partial charge in [-0.1, -0.05) is 12.1 Å². The van der Waals surface area contributed by atoms with E-state index in [0.717, 1.165) is 23.7 Å². The lowest BCUT2D eigenvalue weighted by Crippen LogP contribution is -2.62. The topological polar surface area (TPSA) is 113 Å². The van der Waals surface area contributed by atoms with Crippen LogP contribution in [-0.2, 0) is 18.1 Å². The third-order valence-corrected chi connectivity index (χ3v) is 6.80. The molecule has 1 spiro atoms. The fourth-order valence-corrected chi connectivity index (χ4v) is 4.80. The van der Waals surface area contributed by atoms with Crippen molar-refractivity contribution in [3.63, 3.8) is 0 Å². The van der Waals surface area contributed by atoms with Crippen LogP contribution in [0, 0.1) is 11.3 Å². The normalized spacial score (nSPS) is 16.9. The second-order valence-corrected chi connectivity index (χ2v) is 9.08. The summed E-state index contributed by atoms with van der Waals surface area (Å²) in [5.74, 6) is -0.569. The first-order valence-electron chi connectivity index (χ1n) is 11.1. The van der Waals surface area contributed by atoms with Crippen LogP contribution in [0.15, 0.2) is 42.6 Å². The monoisotopic (exact) mass is 481 g/mol. The Morgan fingerprint density at radius 3 is 2.63 bits per heavy atom. The maximum absolute atomic E-state index is 13.2. The van der Waals surface area contributed by atoms with Gasteiger partial charge in [0.05, 0.1) is 28.9 Å². The third-order valence-electron chi connectivity index (χ3n) is 6.80. The molecule has 1 unspecified atom stereocenters. The summed E-state index contributed by atoms with van der Waals surface area (Å²) in [5.41, 5.74) is 7.16. The predicted molar refractivity (Wildman–Crippen MR) is 121 cm³/mol.